The molecule has 2 aromatic rings. The van der Waals surface area contributed by atoms with Gasteiger partial charge in [-0.1, -0.05) is 35.5 Å². The van der Waals surface area contributed by atoms with E-state index in [0.29, 0.717) is 6.42 Å². The number of nitrogens with zero attached hydrogens (tertiary/aromatic N) is 2. The number of hydrogen-bond donors (Lipinski definition) is 1. The molecule has 0 saturated carbocycles. The molecule has 5 nitrogen and oxygen atoms in total. The fourth-order valence-electron chi connectivity index (χ4n) is 3.00. The van der Waals surface area contributed by atoms with Crippen molar-refractivity contribution in [2.75, 3.05) is 20.6 Å². The minimum Gasteiger partial charge on any atom is -0.390 e. The van der Waals surface area contributed by atoms with Gasteiger partial charge in [0, 0.05) is 24.6 Å². The third-order valence-corrected chi connectivity index (χ3v) is 4.18. The predicted molar refractivity (Wildman–Crippen MR) is 88.1 cm³/mol. The van der Waals surface area contributed by atoms with Gasteiger partial charge < -0.3 is 19.3 Å². The van der Waals surface area contributed by atoms with Gasteiger partial charge in [0.2, 0.25) is 0 Å². The van der Waals surface area contributed by atoms with E-state index in [2.05, 4.69) is 5.16 Å². The van der Waals surface area contributed by atoms with Crippen LogP contribution in [-0.4, -0.2) is 54.1 Å². The lowest BCUT2D eigenvalue weighted by molar-refractivity contribution is -0.122. The summed E-state index contributed by atoms with van der Waals surface area (Å²) in [4.78, 5) is 2.04. The smallest absolute Gasteiger partial charge is 0.167 e. The number of likely N-dealkylation sites (N-methyl/N-ethyl adjacent to an activating group) is 1. The summed E-state index contributed by atoms with van der Waals surface area (Å²) in [6, 6.07) is 11.9. The Balaban J connectivity index is 1.62. The van der Waals surface area contributed by atoms with E-state index >= 15 is 0 Å². The molecule has 0 spiro atoms. The molecule has 23 heavy (non-hydrogen) atoms. The quantitative estimate of drug-likeness (QED) is 0.917. The maximum absolute atomic E-state index is 10.1. The summed E-state index contributed by atoms with van der Waals surface area (Å²) in [7, 11) is 3.98. The van der Waals surface area contributed by atoms with Crippen molar-refractivity contribution in [3.8, 4) is 11.3 Å². The highest BCUT2D eigenvalue weighted by molar-refractivity contribution is 5.56. The Morgan fingerprint density at radius 1 is 1.22 bits per heavy atom. The van der Waals surface area contributed by atoms with Gasteiger partial charge in [0.05, 0.1) is 24.0 Å². The van der Waals surface area contributed by atoms with Gasteiger partial charge in [0.25, 0.3) is 0 Å². The summed E-state index contributed by atoms with van der Waals surface area (Å²) in [5.41, 5.74) is 1.92. The van der Waals surface area contributed by atoms with Crippen LogP contribution in [0.2, 0.25) is 0 Å². The summed E-state index contributed by atoms with van der Waals surface area (Å²) in [6.07, 6.45) is 1.89. The Morgan fingerprint density at radius 2 is 2.00 bits per heavy atom. The normalized spacial score (nSPS) is 25.0. The molecule has 5 heteroatoms. The molecule has 0 radical (unpaired) electrons. The van der Waals surface area contributed by atoms with Crippen molar-refractivity contribution in [2.24, 2.45) is 0 Å². The fraction of sp³-hybridized carbons (Fsp3) is 0.500. The van der Waals surface area contributed by atoms with E-state index in [1.807, 2.05) is 55.4 Å². The highest BCUT2D eigenvalue weighted by atomic mass is 16.5. The second-order valence-corrected chi connectivity index (χ2v) is 6.46. The molecule has 0 unspecified atom stereocenters. The van der Waals surface area contributed by atoms with Crippen molar-refractivity contribution in [1.29, 1.82) is 0 Å². The molecule has 1 aliphatic rings. The molecule has 1 N–H and O–H groups in total. The lowest BCUT2D eigenvalue weighted by atomic mass is 9.98. The first kappa shape index (κ1) is 16.2. The van der Waals surface area contributed by atoms with E-state index in [-0.39, 0.29) is 18.3 Å². The largest absolute Gasteiger partial charge is 0.390 e. The van der Waals surface area contributed by atoms with Crippen LogP contribution in [0.5, 0.6) is 0 Å². The average Bonchev–Trinajstić information content (AvgIpc) is 2.99. The monoisotopic (exact) mass is 316 g/mol. The zero-order valence-electron chi connectivity index (χ0n) is 13.7. The number of aliphatic hydroxyl groups excluding tert-OH is 1. The molecule has 0 bridgehead atoms. The summed E-state index contributed by atoms with van der Waals surface area (Å²) in [6.45, 7) is 0.728. The topological polar surface area (TPSA) is 58.7 Å². The molecule has 2 heterocycles. The van der Waals surface area contributed by atoms with Crippen LogP contribution in [0.4, 0.5) is 0 Å². The number of rotatable bonds is 5. The van der Waals surface area contributed by atoms with Crippen LogP contribution >= 0.6 is 0 Å². The summed E-state index contributed by atoms with van der Waals surface area (Å²) in [5, 5.41) is 14.2. The van der Waals surface area contributed by atoms with Gasteiger partial charge >= 0.3 is 0 Å². The first-order valence-electron chi connectivity index (χ1n) is 8.11. The molecule has 124 valence electrons. The van der Waals surface area contributed by atoms with Crippen LogP contribution in [0.15, 0.2) is 40.9 Å². The summed E-state index contributed by atoms with van der Waals surface area (Å²) < 4.78 is 11.5. The third kappa shape index (κ3) is 4.19. The first-order chi connectivity index (χ1) is 11.1. The van der Waals surface area contributed by atoms with Crippen LogP contribution in [0.3, 0.4) is 0 Å². The molecule has 3 rings (SSSR count). The zero-order valence-corrected chi connectivity index (χ0v) is 13.7. The molecule has 1 aliphatic heterocycles. The highest BCUT2D eigenvalue weighted by Gasteiger charge is 2.30. The Labute approximate surface area is 136 Å². The maximum Gasteiger partial charge on any atom is 0.167 e. The van der Waals surface area contributed by atoms with E-state index in [1.165, 1.54) is 0 Å². The second-order valence-electron chi connectivity index (χ2n) is 6.46. The van der Waals surface area contributed by atoms with E-state index in [1.54, 1.807) is 0 Å². The standard InChI is InChI=1S/C18H24N2O3/c1-20(2)12-18-16(21)9-8-15(22-18)10-14-11-17(23-19-14)13-6-4-3-5-7-13/h3-7,11,15-16,18,21H,8-10,12H2,1-2H3/t15-,16-,18+/m0/s1. The van der Waals surface area contributed by atoms with E-state index < -0.39 is 0 Å². The molecular formula is C18H24N2O3. The number of aromatic nitrogens is 1. The van der Waals surface area contributed by atoms with Gasteiger partial charge in [-0.2, -0.15) is 0 Å². The SMILES string of the molecule is CN(C)C[C@H]1O[C@H](Cc2cc(-c3ccccc3)on2)CC[C@@H]1O. The Kier molecular flexibility index (Phi) is 5.10. The molecule has 1 fully saturated rings. The average molecular weight is 316 g/mol. The van der Waals surface area contributed by atoms with Crippen molar-refractivity contribution in [3.63, 3.8) is 0 Å². The van der Waals surface area contributed by atoms with Crippen molar-refractivity contribution in [1.82, 2.24) is 10.1 Å². The second kappa shape index (κ2) is 7.25. The lowest BCUT2D eigenvalue weighted by Gasteiger charge is -2.35. The lowest BCUT2D eigenvalue weighted by Crippen LogP contribution is -2.45. The van der Waals surface area contributed by atoms with Crippen LogP contribution < -0.4 is 0 Å². The van der Waals surface area contributed by atoms with Crippen molar-refractivity contribution in [3.05, 3.63) is 42.1 Å². The van der Waals surface area contributed by atoms with Crippen molar-refractivity contribution in [2.45, 2.75) is 37.6 Å². The first-order valence-corrected chi connectivity index (χ1v) is 8.11. The van der Waals surface area contributed by atoms with Crippen LogP contribution in [0, 0.1) is 0 Å². The third-order valence-electron chi connectivity index (χ3n) is 4.18. The number of ether oxygens (including phenoxy) is 1. The van der Waals surface area contributed by atoms with E-state index in [4.69, 9.17) is 9.26 Å². The van der Waals surface area contributed by atoms with Gasteiger partial charge in [-0.25, -0.2) is 0 Å². The number of aliphatic hydroxyl groups is 1. The van der Waals surface area contributed by atoms with Gasteiger partial charge in [-0.3, -0.25) is 0 Å². The van der Waals surface area contributed by atoms with Gasteiger partial charge in [-0.15, -0.1) is 0 Å². The van der Waals surface area contributed by atoms with Gasteiger partial charge in [0.1, 0.15) is 0 Å². The summed E-state index contributed by atoms with van der Waals surface area (Å²) in [5.74, 6) is 0.779. The Morgan fingerprint density at radius 3 is 2.74 bits per heavy atom. The minimum absolute atomic E-state index is 0.0806. The van der Waals surface area contributed by atoms with Crippen molar-refractivity contribution >= 4 is 0 Å². The minimum atomic E-state index is -0.383. The van der Waals surface area contributed by atoms with Crippen LogP contribution in [0.25, 0.3) is 11.3 Å². The van der Waals surface area contributed by atoms with E-state index in [0.717, 1.165) is 36.4 Å². The van der Waals surface area contributed by atoms with Crippen molar-refractivity contribution < 1.29 is 14.4 Å². The van der Waals surface area contributed by atoms with Crippen LogP contribution in [0.1, 0.15) is 18.5 Å². The van der Waals surface area contributed by atoms with Gasteiger partial charge in [-0.05, 0) is 26.9 Å². The number of hydrogen-bond acceptors (Lipinski definition) is 5. The molecule has 1 aromatic heterocycles. The fourth-order valence-corrected chi connectivity index (χ4v) is 3.00. The van der Waals surface area contributed by atoms with Crippen LogP contribution in [-0.2, 0) is 11.2 Å². The van der Waals surface area contributed by atoms with E-state index in [9.17, 15) is 5.11 Å². The van der Waals surface area contributed by atoms with Gasteiger partial charge in [0.15, 0.2) is 5.76 Å². The Bertz CT molecular complexity index is 612. The number of benzene rings is 1. The molecular weight excluding hydrogens is 292 g/mol. The molecule has 0 amide bonds. The molecule has 0 aliphatic carbocycles. The predicted octanol–water partition coefficient (Wildman–Crippen LogP) is 2.35. The molecule has 1 aromatic carbocycles. The Hall–Kier alpha value is -1.69. The highest BCUT2D eigenvalue weighted by Crippen LogP contribution is 2.25. The summed E-state index contributed by atoms with van der Waals surface area (Å²) >= 11 is 0. The maximum atomic E-state index is 10.1. The molecule has 3 atom stereocenters. The molecule has 1 saturated heterocycles. The zero-order chi connectivity index (χ0) is 16.2.